The Bertz CT molecular complexity index is 771. The number of para-hydroxylation sites is 1. The van der Waals surface area contributed by atoms with Gasteiger partial charge in [-0.05, 0) is 50.3 Å². The van der Waals surface area contributed by atoms with Gasteiger partial charge in [-0.1, -0.05) is 48.5 Å². The minimum absolute atomic E-state index is 0.0201. The lowest BCUT2D eigenvalue weighted by Crippen LogP contribution is -2.46. The first kappa shape index (κ1) is 20.9. The molecule has 2 aromatic rings. The zero-order chi connectivity index (χ0) is 20.5. The Balaban J connectivity index is 1.35. The molecular formula is C24H30N2O3. The van der Waals surface area contributed by atoms with Crippen molar-refractivity contribution in [2.45, 2.75) is 38.6 Å². The van der Waals surface area contributed by atoms with Crippen molar-refractivity contribution in [3.05, 3.63) is 66.2 Å². The smallest absolute Gasteiger partial charge is 0.260 e. The van der Waals surface area contributed by atoms with Crippen LogP contribution < -0.4 is 10.1 Å². The van der Waals surface area contributed by atoms with Gasteiger partial charge in [0, 0.05) is 25.0 Å². The molecule has 0 spiro atoms. The monoisotopic (exact) mass is 394 g/mol. The number of carbonyl (C=O) groups excluding carboxylic acids is 2. The highest BCUT2D eigenvalue weighted by molar-refractivity contribution is 5.80. The molecule has 0 radical (unpaired) electrons. The average molecular weight is 395 g/mol. The molecule has 1 saturated heterocycles. The quantitative estimate of drug-likeness (QED) is 0.746. The summed E-state index contributed by atoms with van der Waals surface area (Å²) in [5, 5.41) is 3.14. The van der Waals surface area contributed by atoms with Crippen LogP contribution in [0.2, 0.25) is 0 Å². The van der Waals surface area contributed by atoms with Crippen molar-refractivity contribution < 1.29 is 14.3 Å². The van der Waals surface area contributed by atoms with Crippen LogP contribution in [0.4, 0.5) is 0 Å². The molecule has 1 fully saturated rings. The van der Waals surface area contributed by atoms with Gasteiger partial charge in [0.2, 0.25) is 5.91 Å². The van der Waals surface area contributed by atoms with Gasteiger partial charge in [-0.2, -0.15) is 0 Å². The van der Waals surface area contributed by atoms with E-state index in [-0.39, 0.29) is 30.4 Å². The number of hydrogen-bond acceptors (Lipinski definition) is 3. The first-order chi connectivity index (χ1) is 14.1. The average Bonchev–Trinajstić information content (AvgIpc) is 2.77. The van der Waals surface area contributed by atoms with Gasteiger partial charge in [-0.25, -0.2) is 0 Å². The van der Waals surface area contributed by atoms with Gasteiger partial charge < -0.3 is 15.0 Å². The summed E-state index contributed by atoms with van der Waals surface area (Å²) in [5.41, 5.74) is 1.29. The molecule has 1 aliphatic rings. The zero-order valence-corrected chi connectivity index (χ0v) is 17.0. The van der Waals surface area contributed by atoms with Crippen molar-refractivity contribution in [2.75, 3.05) is 19.7 Å². The summed E-state index contributed by atoms with van der Waals surface area (Å²) in [6, 6.07) is 19.8. The number of amides is 2. The van der Waals surface area contributed by atoms with Gasteiger partial charge in [0.15, 0.2) is 6.61 Å². The molecule has 0 aliphatic carbocycles. The lowest BCUT2D eigenvalue weighted by Gasteiger charge is -2.32. The molecule has 0 bridgehead atoms. The summed E-state index contributed by atoms with van der Waals surface area (Å²) in [5.74, 6) is 0.759. The second kappa shape index (κ2) is 10.6. The van der Waals surface area contributed by atoms with Crippen LogP contribution >= 0.6 is 0 Å². The maximum absolute atomic E-state index is 12.6. The molecule has 1 atom stereocenters. The Hall–Kier alpha value is -2.82. The third-order valence-electron chi connectivity index (χ3n) is 5.42. The summed E-state index contributed by atoms with van der Waals surface area (Å²) in [6.45, 7) is 3.30. The Kier molecular flexibility index (Phi) is 7.68. The molecule has 29 heavy (non-hydrogen) atoms. The second-order valence-corrected chi connectivity index (χ2v) is 7.69. The van der Waals surface area contributed by atoms with Crippen molar-refractivity contribution in [3.8, 4) is 5.75 Å². The van der Waals surface area contributed by atoms with Crippen molar-refractivity contribution in [2.24, 2.45) is 5.92 Å². The summed E-state index contributed by atoms with van der Waals surface area (Å²) < 4.78 is 5.54. The van der Waals surface area contributed by atoms with Gasteiger partial charge in [0.05, 0.1) is 0 Å². The summed E-state index contributed by atoms with van der Waals surface area (Å²) >= 11 is 0. The predicted octanol–water partition coefficient (Wildman–Crippen LogP) is 3.44. The third-order valence-corrected chi connectivity index (χ3v) is 5.42. The number of nitrogens with zero attached hydrogens (tertiary/aromatic N) is 1. The van der Waals surface area contributed by atoms with Crippen LogP contribution in [-0.4, -0.2) is 42.5 Å². The van der Waals surface area contributed by atoms with Crippen LogP contribution in [0, 0.1) is 5.92 Å². The van der Waals surface area contributed by atoms with Crippen molar-refractivity contribution >= 4 is 11.8 Å². The van der Waals surface area contributed by atoms with E-state index in [9.17, 15) is 9.59 Å². The number of rotatable bonds is 8. The maximum atomic E-state index is 12.6. The van der Waals surface area contributed by atoms with E-state index in [1.54, 1.807) is 4.90 Å². The standard InChI is InChI=1S/C24H30N2O3/c1-19(12-13-20-8-4-2-5-9-20)25-24(28)21-14-16-26(17-15-21)23(27)18-29-22-10-6-3-7-11-22/h2-11,19,21H,12-18H2,1H3,(H,25,28)/t19-/m0/s1. The number of aryl methyl sites for hydroxylation is 1. The molecule has 2 aromatic carbocycles. The lowest BCUT2D eigenvalue weighted by atomic mass is 9.95. The number of likely N-dealkylation sites (tertiary alicyclic amines) is 1. The van der Waals surface area contributed by atoms with E-state index in [0.717, 1.165) is 12.8 Å². The fourth-order valence-electron chi connectivity index (χ4n) is 3.60. The highest BCUT2D eigenvalue weighted by Gasteiger charge is 2.28. The Morgan fingerprint density at radius 1 is 1.03 bits per heavy atom. The first-order valence-electron chi connectivity index (χ1n) is 10.4. The SMILES string of the molecule is C[C@@H](CCc1ccccc1)NC(=O)C1CCN(C(=O)COc2ccccc2)CC1. The molecule has 5 nitrogen and oxygen atoms in total. The minimum atomic E-state index is -0.0241. The van der Waals surface area contributed by atoms with Crippen LogP contribution in [0.1, 0.15) is 31.7 Å². The Morgan fingerprint density at radius 3 is 2.31 bits per heavy atom. The van der Waals surface area contributed by atoms with Gasteiger partial charge >= 0.3 is 0 Å². The molecule has 1 aliphatic heterocycles. The van der Waals surface area contributed by atoms with E-state index in [1.165, 1.54) is 5.56 Å². The fraction of sp³-hybridized carbons (Fsp3) is 0.417. The maximum Gasteiger partial charge on any atom is 0.260 e. The molecule has 154 valence electrons. The summed E-state index contributed by atoms with van der Waals surface area (Å²) in [6.07, 6.45) is 3.28. The molecule has 0 unspecified atom stereocenters. The molecule has 1 N–H and O–H groups in total. The number of hydrogen-bond donors (Lipinski definition) is 1. The van der Waals surface area contributed by atoms with E-state index in [1.807, 2.05) is 48.5 Å². The van der Waals surface area contributed by atoms with E-state index >= 15 is 0 Å². The van der Waals surface area contributed by atoms with Crippen LogP contribution in [0.3, 0.4) is 0 Å². The van der Waals surface area contributed by atoms with Gasteiger partial charge in [-0.15, -0.1) is 0 Å². The molecular weight excluding hydrogens is 364 g/mol. The number of nitrogens with one attached hydrogen (secondary N) is 1. The van der Waals surface area contributed by atoms with Crippen LogP contribution in [0.15, 0.2) is 60.7 Å². The zero-order valence-electron chi connectivity index (χ0n) is 17.0. The molecule has 5 heteroatoms. The molecule has 2 amide bonds. The Morgan fingerprint density at radius 2 is 1.66 bits per heavy atom. The first-order valence-corrected chi connectivity index (χ1v) is 10.4. The van der Waals surface area contributed by atoms with E-state index < -0.39 is 0 Å². The summed E-state index contributed by atoms with van der Waals surface area (Å²) in [7, 11) is 0. The Labute approximate surface area is 173 Å². The van der Waals surface area contributed by atoms with Crippen molar-refractivity contribution in [1.82, 2.24) is 10.2 Å². The molecule has 0 aromatic heterocycles. The highest BCUT2D eigenvalue weighted by Crippen LogP contribution is 2.18. The van der Waals surface area contributed by atoms with Crippen LogP contribution in [-0.2, 0) is 16.0 Å². The molecule has 0 saturated carbocycles. The van der Waals surface area contributed by atoms with E-state index in [0.29, 0.717) is 31.7 Å². The van der Waals surface area contributed by atoms with Gasteiger partial charge in [-0.3, -0.25) is 9.59 Å². The molecule has 1 heterocycles. The minimum Gasteiger partial charge on any atom is -0.484 e. The van der Waals surface area contributed by atoms with Gasteiger partial charge in [0.25, 0.3) is 5.91 Å². The lowest BCUT2D eigenvalue weighted by molar-refractivity contribution is -0.137. The molecule has 3 rings (SSSR count). The number of carbonyl (C=O) groups is 2. The van der Waals surface area contributed by atoms with Crippen molar-refractivity contribution in [1.29, 1.82) is 0 Å². The van der Waals surface area contributed by atoms with Crippen LogP contribution in [0.25, 0.3) is 0 Å². The normalized spacial score (nSPS) is 15.6. The topological polar surface area (TPSA) is 58.6 Å². The predicted molar refractivity (Wildman–Crippen MR) is 114 cm³/mol. The van der Waals surface area contributed by atoms with E-state index in [4.69, 9.17) is 4.74 Å². The number of ether oxygens (including phenoxy) is 1. The fourth-order valence-corrected chi connectivity index (χ4v) is 3.60. The van der Waals surface area contributed by atoms with Crippen molar-refractivity contribution in [3.63, 3.8) is 0 Å². The number of piperidine rings is 1. The largest absolute Gasteiger partial charge is 0.484 e. The highest BCUT2D eigenvalue weighted by atomic mass is 16.5. The third kappa shape index (κ3) is 6.63. The van der Waals surface area contributed by atoms with Crippen LogP contribution in [0.5, 0.6) is 5.75 Å². The van der Waals surface area contributed by atoms with Gasteiger partial charge in [0.1, 0.15) is 5.75 Å². The number of benzene rings is 2. The second-order valence-electron chi connectivity index (χ2n) is 7.69. The van der Waals surface area contributed by atoms with E-state index in [2.05, 4.69) is 24.4 Å². The summed E-state index contributed by atoms with van der Waals surface area (Å²) in [4.78, 5) is 26.7.